The number of Topliss-reactive ketones (excluding diaryl/α,β-unsaturated/α-hetero) is 8. The van der Waals surface area contributed by atoms with E-state index in [1.165, 1.54) is 97.1 Å². The van der Waals surface area contributed by atoms with Crippen molar-refractivity contribution in [1.82, 2.24) is 0 Å². The van der Waals surface area contributed by atoms with E-state index in [0.717, 1.165) is 48.6 Å². The van der Waals surface area contributed by atoms with Crippen LogP contribution in [0.5, 0.6) is 0 Å². The maximum atomic E-state index is 12.5. The molecule has 456 valence electrons. The molecule has 8 atom stereocenters. The third-order valence-corrected chi connectivity index (χ3v) is 19.8. The Morgan fingerprint density at radius 3 is 0.551 bits per heavy atom. The van der Waals surface area contributed by atoms with Gasteiger partial charge in [-0.1, -0.05) is 146 Å². The standard InChI is InChI=1S/4C14H10O7S.Th/c4*15-10-6-5-9-11(14(10,18)22(19,20)21)13(17)8-4-2-1-3-7(8)12(9)16;/h4*1-6,10,15,18H,(H,19,20,21);/q;;;;+4/p-4. The molecule has 0 bridgehead atoms. The maximum Gasteiger partial charge on any atom is 4.00 e. The van der Waals surface area contributed by atoms with Crippen molar-refractivity contribution < 1.29 is 171 Å². The molecule has 0 aromatic heterocycles. The molecule has 8 aliphatic carbocycles. The fourth-order valence-electron chi connectivity index (χ4n) is 10.6. The Kier molecular flexibility index (Phi) is 17.7. The number of aliphatic hydroxyl groups is 8. The van der Waals surface area contributed by atoms with Crippen LogP contribution in [-0.2, 0) is 40.5 Å². The van der Waals surface area contributed by atoms with Crippen molar-refractivity contribution in [3.63, 3.8) is 0 Å². The third kappa shape index (κ3) is 10.3. The molecule has 8 aliphatic rings. The Hall–Kier alpha value is -7.20. The predicted octanol–water partition coefficient (Wildman–Crippen LogP) is -1.89. The van der Waals surface area contributed by atoms with Crippen molar-refractivity contribution >= 4 is 86.7 Å². The van der Waals surface area contributed by atoms with Crippen molar-refractivity contribution in [1.29, 1.82) is 0 Å². The number of rotatable bonds is 4. The minimum absolute atomic E-state index is 0. The van der Waals surface area contributed by atoms with Gasteiger partial charge in [-0.05, 0) is 0 Å². The molecule has 0 fully saturated rings. The second-order valence-electron chi connectivity index (χ2n) is 19.8. The Labute approximate surface area is 532 Å². The van der Waals surface area contributed by atoms with Crippen LogP contribution >= 0.6 is 0 Å². The minimum Gasteiger partial charge on any atom is -0.745 e. The van der Waals surface area contributed by atoms with Gasteiger partial charge >= 0.3 is 39.9 Å². The summed E-state index contributed by atoms with van der Waals surface area (Å²) in [6, 6.07) is 22.5. The summed E-state index contributed by atoms with van der Waals surface area (Å²) in [6.45, 7) is 0. The van der Waals surface area contributed by atoms with Crippen LogP contribution in [-0.4, -0.2) is 183 Å². The Bertz CT molecular complexity index is 4110. The summed E-state index contributed by atoms with van der Waals surface area (Å²) in [4.78, 5) is 85.8. The molecular formula is C56H36O28S4Th. The van der Waals surface area contributed by atoms with Gasteiger partial charge in [0.15, 0.2) is 46.3 Å². The number of fused-ring (bicyclic) bond motifs is 4. The van der Waals surface area contributed by atoms with E-state index in [-0.39, 0.29) is 84.4 Å². The SMILES string of the molecule is O=C1C2=C(C(=O)c3ccccc31)C(O)(S(=O)(=O)[O-])C(O)C=C2.O=C1C2=C(C(=O)c3ccccc31)C(O)(S(=O)(=O)[O-])C(O)C=C2.O=C1C2=C(C(=O)c3ccccc31)C(O)(S(=O)(=O)[O-])C(O)C=C2.O=C1C2=C(C(=O)c3ccccc31)C(O)(S(=O)(=O)[O-])C(O)C=C2.[Th+4]. The maximum absolute atomic E-state index is 12.5. The quantitative estimate of drug-likeness (QED) is 0.104. The summed E-state index contributed by atoms with van der Waals surface area (Å²) in [6.07, 6.45) is -1.23. The second-order valence-corrected chi connectivity index (χ2v) is 25.9. The third-order valence-electron chi connectivity index (χ3n) is 15.0. The molecule has 12 rings (SSSR count). The Morgan fingerprint density at radius 1 is 0.281 bits per heavy atom. The summed E-state index contributed by atoms with van der Waals surface area (Å²) in [5, 5.41) is 80.0. The summed E-state index contributed by atoms with van der Waals surface area (Å²) >= 11 is 0. The van der Waals surface area contributed by atoms with Crippen LogP contribution in [0.3, 0.4) is 0 Å². The largest absolute Gasteiger partial charge is 4.00 e. The molecule has 33 heteroatoms. The van der Waals surface area contributed by atoms with Crippen molar-refractivity contribution in [3.8, 4) is 0 Å². The van der Waals surface area contributed by atoms with Gasteiger partial charge in [-0.15, -0.1) is 0 Å². The molecule has 28 nitrogen and oxygen atoms in total. The monoisotopic (exact) mass is 1520 g/mol. The number of hydrogen-bond donors (Lipinski definition) is 8. The number of hydrogen-bond acceptors (Lipinski definition) is 28. The van der Waals surface area contributed by atoms with Gasteiger partial charge in [-0.2, -0.15) is 0 Å². The van der Waals surface area contributed by atoms with Crippen LogP contribution in [0.4, 0.5) is 0 Å². The number of aliphatic hydroxyl groups excluding tert-OH is 4. The first-order valence-electron chi connectivity index (χ1n) is 24.7. The molecule has 8 N–H and O–H groups in total. The van der Waals surface area contributed by atoms with E-state index in [1.807, 2.05) is 0 Å². The number of carbonyl (C=O) groups excluding carboxylic acids is 8. The van der Waals surface area contributed by atoms with E-state index >= 15 is 0 Å². The molecule has 0 heterocycles. The number of carbonyl (C=O) groups is 8. The van der Waals surface area contributed by atoms with E-state index in [0.29, 0.717) is 0 Å². The van der Waals surface area contributed by atoms with E-state index in [1.54, 1.807) is 0 Å². The van der Waals surface area contributed by atoms with Crippen LogP contribution in [0.2, 0.25) is 0 Å². The average molecular weight is 1520 g/mol. The van der Waals surface area contributed by atoms with Crippen molar-refractivity contribution in [2.75, 3.05) is 0 Å². The zero-order valence-corrected chi connectivity index (χ0v) is 51.4. The molecule has 0 saturated heterocycles. The molecular weight excluding hydrogens is 1480 g/mol. The zero-order chi connectivity index (χ0) is 65.1. The van der Waals surface area contributed by atoms with E-state index < -0.39 is 175 Å². The van der Waals surface area contributed by atoms with Gasteiger partial charge < -0.3 is 59.1 Å². The smallest absolute Gasteiger partial charge is 0.745 e. The van der Waals surface area contributed by atoms with Crippen LogP contribution < -0.4 is 0 Å². The van der Waals surface area contributed by atoms with E-state index in [2.05, 4.69) is 0 Å². The molecule has 0 saturated carbocycles. The van der Waals surface area contributed by atoms with E-state index in [4.69, 9.17) is 0 Å². The van der Waals surface area contributed by atoms with Gasteiger partial charge in [-0.3, -0.25) is 38.4 Å². The number of ketones is 8. The summed E-state index contributed by atoms with van der Waals surface area (Å²) in [5.41, 5.74) is -5.59. The van der Waals surface area contributed by atoms with Gasteiger partial charge in [0.2, 0.25) is 19.7 Å². The molecule has 0 aliphatic heterocycles. The molecule has 4 aromatic carbocycles. The second kappa shape index (κ2) is 23.2. The average Bonchev–Trinajstić information content (AvgIpc) is 0.872. The molecule has 8 unspecified atom stereocenters. The topological polar surface area (TPSA) is 527 Å². The summed E-state index contributed by atoms with van der Waals surface area (Å²) in [5.74, 6) is -6.70. The van der Waals surface area contributed by atoms with Crippen LogP contribution in [0, 0.1) is 39.9 Å². The van der Waals surface area contributed by atoms with Gasteiger partial charge in [0.1, 0.15) is 64.9 Å². The summed E-state index contributed by atoms with van der Waals surface area (Å²) < 4.78 is 137. The van der Waals surface area contributed by atoms with Crippen LogP contribution in [0.1, 0.15) is 82.9 Å². The summed E-state index contributed by atoms with van der Waals surface area (Å²) in [7, 11) is -22.1. The molecule has 0 radical (unpaired) electrons. The first kappa shape index (κ1) is 67.7. The molecule has 0 spiro atoms. The first-order valence-corrected chi connectivity index (χ1v) is 30.3. The normalized spacial score (nSPS) is 27.4. The fourth-order valence-corrected chi connectivity index (χ4v) is 13.9. The van der Waals surface area contributed by atoms with Crippen LogP contribution in [0.25, 0.3) is 0 Å². The number of benzene rings is 4. The Morgan fingerprint density at radius 2 is 0.416 bits per heavy atom. The fraction of sp³-hybridized carbons (Fsp3) is 0.143. The van der Waals surface area contributed by atoms with Crippen LogP contribution in [0.15, 0.2) is 190 Å². The van der Waals surface area contributed by atoms with E-state index in [9.17, 15) is 131 Å². The minimum atomic E-state index is -5.53. The Balaban J connectivity index is 0.000000153. The number of allylic oxidation sites excluding steroid dienone is 8. The van der Waals surface area contributed by atoms with Crippen molar-refractivity contribution in [3.05, 3.63) is 235 Å². The van der Waals surface area contributed by atoms with Gasteiger partial charge in [-0.25, -0.2) is 33.7 Å². The van der Waals surface area contributed by atoms with Gasteiger partial charge in [0, 0.05) is 66.8 Å². The van der Waals surface area contributed by atoms with Gasteiger partial charge in [0.25, 0.3) is 0 Å². The molecule has 89 heavy (non-hydrogen) atoms. The zero-order valence-electron chi connectivity index (χ0n) is 44.0. The predicted molar refractivity (Wildman–Crippen MR) is 288 cm³/mol. The molecule has 4 aromatic rings. The first-order chi connectivity index (χ1) is 40.8. The van der Waals surface area contributed by atoms with Crippen molar-refractivity contribution in [2.45, 2.75) is 44.1 Å². The molecule has 0 amide bonds. The van der Waals surface area contributed by atoms with Crippen molar-refractivity contribution in [2.24, 2.45) is 0 Å². The van der Waals surface area contributed by atoms with Gasteiger partial charge in [0.05, 0.1) is 22.3 Å².